The van der Waals surface area contributed by atoms with Crippen LogP contribution in [0.15, 0.2) is 42.6 Å². The molecule has 8 nitrogen and oxygen atoms in total. The fourth-order valence-electron chi connectivity index (χ4n) is 6.22. The Morgan fingerprint density at radius 3 is 2.60 bits per heavy atom. The Bertz CT molecular complexity index is 1310. The van der Waals surface area contributed by atoms with E-state index < -0.39 is 0 Å². The number of aryl methyl sites for hydroxylation is 2. The Kier molecular flexibility index (Phi) is 8.35. The third-order valence-corrected chi connectivity index (χ3v) is 8.30. The van der Waals surface area contributed by atoms with Crippen LogP contribution in [-0.4, -0.2) is 73.5 Å². The predicted molar refractivity (Wildman–Crippen MR) is 159 cm³/mol. The summed E-state index contributed by atoms with van der Waals surface area (Å²) in [5.41, 5.74) is 6.60. The molecule has 1 saturated heterocycles. The Morgan fingerprint density at radius 1 is 0.950 bits per heavy atom. The lowest BCUT2D eigenvalue weighted by Gasteiger charge is -2.39. The van der Waals surface area contributed by atoms with E-state index in [0.29, 0.717) is 38.4 Å². The van der Waals surface area contributed by atoms with Crippen LogP contribution in [0.1, 0.15) is 44.2 Å². The number of nitrogens with one attached hydrogen (secondary N) is 1. The zero-order valence-corrected chi connectivity index (χ0v) is 23.8. The van der Waals surface area contributed by atoms with Crippen molar-refractivity contribution in [3.8, 4) is 22.8 Å². The topological polar surface area (TPSA) is 72.0 Å². The molecule has 2 aromatic carbocycles. The summed E-state index contributed by atoms with van der Waals surface area (Å²) in [5.74, 6) is 2.28. The first-order chi connectivity index (χ1) is 19.7. The lowest BCUT2D eigenvalue weighted by Crippen LogP contribution is -2.45. The second kappa shape index (κ2) is 12.4. The van der Waals surface area contributed by atoms with Crippen LogP contribution in [0.3, 0.4) is 0 Å². The molecular formula is C32H41N5O3. The van der Waals surface area contributed by atoms with Crippen molar-refractivity contribution >= 4 is 17.3 Å². The maximum atomic E-state index is 6.33. The van der Waals surface area contributed by atoms with Gasteiger partial charge >= 0.3 is 0 Å². The molecule has 8 heteroatoms. The maximum Gasteiger partial charge on any atom is 0.227 e. The van der Waals surface area contributed by atoms with Crippen molar-refractivity contribution in [2.24, 2.45) is 0 Å². The number of piperidine rings is 1. The zero-order valence-electron chi connectivity index (χ0n) is 23.8. The fourth-order valence-corrected chi connectivity index (χ4v) is 6.22. The second-order valence-corrected chi connectivity index (χ2v) is 10.9. The van der Waals surface area contributed by atoms with E-state index in [0.717, 1.165) is 66.6 Å². The normalized spacial score (nSPS) is 17.6. The van der Waals surface area contributed by atoms with Gasteiger partial charge in [-0.3, -0.25) is 0 Å². The minimum Gasteiger partial charge on any atom is -0.491 e. The Hall–Kier alpha value is -3.36. The first-order valence-electron chi connectivity index (χ1n) is 14.9. The van der Waals surface area contributed by atoms with E-state index in [1.165, 1.54) is 36.9 Å². The highest BCUT2D eigenvalue weighted by Gasteiger charge is 2.25. The van der Waals surface area contributed by atoms with Gasteiger partial charge < -0.3 is 29.3 Å². The highest BCUT2D eigenvalue weighted by molar-refractivity contribution is 5.73. The lowest BCUT2D eigenvalue weighted by molar-refractivity contribution is 0.0765. The van der Waals surface area contributed by atoms with Crippen LogP contribution in [0.4, 0.5) is 17.3 Å². The monoisotopic (exact) mass is 543 g/mol. The Morgan fingerprint density at radius 2 is 1.77 bits per heavy atom. The number of hydrogen-bond donors (Lipinski definition) is 1. The number of anilines is 3. The van der Waals surface area contributed by atoms with Gasteiger partial charge in [-0.2, -0.15) is 0 Å². The molecule has 0 saturated carbocycles. The van der Waals surface area contributed by atoms with E-state index in [-0.39, 0.29) is 0 Å². The molecule has 6 rings (SSSR count). The third-order valence-electron chi connectivity index (χ3n) is 8.30. The fraction of sp³-hybridized carbons (Fsp3) is 0.500. The van der Waals surface area contributed by atoms with Crippen LogP contribution in [0.25, 0.3) is 11.3 Å². The van der Waals surface area contributed by atoms with Crippen molar-refractivity contribution in [3.05, 3.63) is 53.7 Å². The van der Waals surface area contributed by atoms with Gasteiger partial charge in [0.15, 0.2) is 0 Å². The molecule has 3 aromatic rings. The molecule has 1 fully saturated rings. The molecule has 2 aliphatic heterocycles. The van der Waals surface area contributed by atoms with Gasteiger partial charge in [0, 0.05) is 42.6 Å². The molecule has 212 valence electrons. The first-order valence-corrected chi connectivity index (χ1v) is 14.9. The quantitative estimate of drug-likeness (QED) is 0.454. The largest absolute Gasteiger partial charge is 0.491 e. The summed E-state index contributed by atoms with van der Waals surface area (Å²) in [7, 11) is 0. The zero-order chi connectivity index (χ0) is 27.3. The predicted octanol–water partition coefficient (Wildman–Crippen LogP) is 5.47. The molecule has 1 aromatic heterocycles. The number of fused-ring (bicyclic) bond motifs is 4. The van der Waals surface area contributed by atoms with E-state index in [4.69, 9.17) is 19.2 Å². The van der Waals surface area contributed by atoms with Gasteiger partial charge in [0.2, 0.25) is 5.95 Å². The van der Waals surface area contributed by atoms with Crippen LogP contribution in [-0.2, 0) is 17.6 Å². The average Bonchev–Trinajstić information content (AvgIpc) is 2.99. The van der Waals surface area contributed by atoms with Crippen molar-refractivity contribution in [3.63, 3.8) is 0 Å². The van der Waals surface area contributed by atoms with Crippen molar-refractivity contribution in [2.75, 3.05) is 62.8 Å². The highest BCUT2D eigenvalue weighted by Crippen LogP contribution is 2.37. The molecule has 1 N–H and O–H groups in total. The minimum atomic E-state index is 0.473. The number of benzene rings is 2. The minimum absolute atomic E-state index is 0.473. The van der Waals surface area contributed by atoms with Gasteiger partial charge in [-0.1, -0.05) is 19.9 Å². The van der Waals surface area contributed by atoms with E-state index in [1.54, 1.807) is 0 Å². The molecule has 1 aliphatic carbocycles. The van der Waals surface area contributed by atoms with Crippen molar-refractivity contribution in [1.82, 2.24) is 14.9 Å². The van der Waals surface area contributed by atoms with Gasteiger partial charge in [0.25, 0.3) is 0 Å². The third kappa shape index (κ3) is 5.88. The lowest BCUT2D eigenvalue weighted by atomic mass is 9.90. The van der Waals surface area contributed by atoms with Crippen LogP contribution >= 0.6 is 0 Å². The van der Waals surface area contributed by atoms with Crippen LogP contribution < -0.4 is 19.7 Å². The van der Waals surface area contributed by atoms with Crippen LogP contribution in [0.2, 0.25) is 0 Å². The number of ether oxygens (including phenoxy) is 3. The summed E-state index contributed by atoms with van der Waals surface area (Å²) >= 11 is 0. The molecule has 0 amide bonds. The molecular weight excluding hydrogens is 502 g/mol. The number of nitrogens with zero attached hydrogens (tertiary/aromatic N) is 4. The number of rotatable bonds is 5. The molecule has 40 heavy (non-hydrogen) atoms. The maximum absolute atomic E-state index is 6.33. The second-order valence-electron chi connectivity index (χ2n) is 10.9. The molecule has 6 bridgehead atoms. The summed E-state index contributed by atoms with van der Waals surface area (Å²) in [6.07, 6.45) is 7.42. The van der Waals surface area contributed by atoms with Crippen molar-refractivity contribution < 1.29 is 14.2 Å². The van der Waals surface area contributed by atoms with E-state index in [9.17, 15) is 0 Å². The Labute approximate surface area is 237 Å². The molecule has 0 atom stereocenters. The first kappa shape index (κ1) is 26.8. The van der Waals surface area contributed by atoms with Crippen LogP contribution in [0.5, 0.6) is 11.5 Å². The van der Waals surface area contributed by atoms with Crippen molar-refractivity contribution in [1.29, 1.82) is 0 Å². The molecule has 0 radical (unpaired) electrons. The molecule has 0 spiro atoms. The van der Waals surface area contributed by atoms with Gasteiger partial charge in [-0.25, -0.2) is 9.97 Å². The summed E-state index contributed by atoms with van der Waals surface area (Å²) in [4.78, 5) is 14.7. The smallest absolute Gasteiger partial charge is 0.227 e. The van der Waals surface area contributed by atoms with Gasteiger partial charge in [0.1, 0.15) is 24.7 Å². The summed E-state index contributed by atoms with van der Waals surface area (Å²) in [6.45, 7) is 10.9. The Balaban J connectivity index is 1.26. The number of aromatic nitrogens is 2. The summed E-state index contributed by atoms with van der Waals surface area (Å²) in [5, 5.41) is 3.44. The van der Waals surface area contributed by atoms with E-state index >= 15 is 0 Å². The summed E-state index contributed by atoms with van der Waals surface area (Å²) in [6, 6.07) is 13.3. The molecule has 0 unspecified atom stereocenters. The average molecular weight is 544 g/mol. The highest BCUT2D eigenvalue weighted by atomic mass is 16.5. The van der Waals surface area contributed by atoms with Gasteiger partial charge in [0.05, 0.1) is 24.6 Å². The SMILES string of the molecule is CCCN(CC)C1CCN(c2ccc3cc2OCCOCCOc2ccc4c(c2)-c2nc(ncc2CC4)N3)CC1. The van der Waals surface area contributed by atoms with Gasteiger partial charge in [-0.15, -0.1) is 0 Å². The summed E-state index contributed by atoms with van der Waals surface area (Å²) < 4.78 is 18.2. The van der Waals surface area contributed by atoms with Crippen LogP contribution in [0, 0.1) is 0 Å². The standard InChI is InChI=1S/C32H41N5O3/c1-3-13-36(4-2)26-11-14-37(15-12-26)29-10-8-25-20-30(29)40-19-17-38-16-18-39-27-9-7-23-5-6-24-22-33-32(34-25)35-31(24)28(23)21-27/h7-10,20-22,26H,3-6,11-19H2,1-2H3,(H,33,34,35). The molecule has 3 heterocycles. The van der Waals surface area contributed by atoms with Gasteiger partial charge in [-0.05, 0) is 80.6 Å². The number of hydrogen-bond acceptors (Lipinski definition) is 8. The van der Waals surface area contributed by atoms with Crippen molar-refractivity contribution in [2.45, 2.75) is 52.0 Å². The van der Waals surface area contributed by atoms with E-state index in [2.05, 4.69) is 64.3 Å². The molecule has 3 aliphatic rings. The van der Waals surface area contributed by atoms with E-state index in [1.807, 2.05) is 12.3 Å².